The predicted molar refractivity (Wildman–Crippen MR) is 64.7 cm³/mol. The van der Waals surface area contributed by atoms with Crippen LogP contribution in [0.15, 0.2) is 0 Å². The van der Waals surface area contributed by atoms with E-state index in [-0.39, 0.29) is 5.92 Å². The zero-order valence-electron chi connectivity index (χ0n) is 10.4. The van der Waals surface area contributed by atoms with Crippen LogP contribution in [0.25, 0.3) is 0 Å². The normalized spacial score (nSPS) is 37.9. The second-order valence-electron chi connectivity index (χ2n) is 5.54. The van der Waals surface area contributed by atoms with Crippen LogP contribution < -0.4 is 5.32 Å². The van der Waals surface area contributed by atoms with Gasteiger partial charge in [-0.1, -0.05) is 0 Å². The Morgan fingerprint density at radius 2 is 2.06 bits per heavy atom. The van der Waals surface area contributed by atoms with E-state index >= 15 is 0 Å². The maximum atomic E-state index is 12.6. The van der Waals surface area contributed by atoms with Crippen LogP contribution in [0.3, 0.4) is 0 Å². The van der Waals surface area contributed by atoms with Crippen molar-refractivity contribution in [2.24, 2.45) is 5.92 Å². The Bertz CT molecular complexity index is 275. The van der Waals surface area contributed by atoms with Gasteiger partial charge in [-0.15, -0.1) is 0 Å². The van der Waals surface area contributed by atoms with Gasteiger partial charge in [0.2, 0.25) is 5.91 Å². The lowest BCUT2D eigenvalue weighted by Crippen LogP contribution is -2.47. The molecule has 3 heterocycles. The van der Waals surface area contributed by atoms with Gasteiger partial charge in [0.15, 0.2) is 0 Å². The van der Waals surface area contributed by atoms with E-state index in [1.54, 1.807) is 0 Å². The molecule has 3 unspecified atom stereocenters. The molecule has 0 saturated carbocycles. The van der Waals surface area contributed by atoms with E-state index in [1.165, 1.54) is 12.8 Å². The molecule has 0 spiro atoms. The first-order valence-electron chi connectivity index (χ1n) is 6.97. The van der Waals surface area contributed by atoms with Crippen molar-refractivity contribution < 1.29 is 9.53 Å². The predicted octanol–water partition coefficient (Wildman–Crippen LogP) is 0.766. The number of nitrogens with zero attached hydrogens (tertiary/aromatic N) is 1. The van der Waals surface area contributed by atoms with E-state index in [0.717, 1.165) is 39.0 Å². The Morgan fingerprint density at radius 3 is 2.88 bits per heavy atom. The Balaban J connectivity index is 1.71. The van der Waals surface area contributed by atoms with Crippen molar-refractivity contribution in [2.45, 2.75) is 44.2 Å². The number of carbonyl (C=O) groups is 1. The summed E-state index contributed by atoms with van der Waals surface area (Å²) < 4.78 is 5.45. The van der Waals surface area contributed by atoms with Crippen LogP contribution in [0.5, 0.6) is 0 Å². The van der Waals surface area contributed by atoms with Gasteiger partial charge in [0.05, 0.1) is 12.5 Å². The first kappa shape index (κ1) is 11.5. The molecule has 4 nitrogen and oxygen atoms in total. The van der Waals surface area contributed by atoms with Gasteiger partial charge in [0.25, 0.3) is 0 Å². The zero-order chi connectivity index (χ0) is 11.7. The number of nitrogens with one attached hydrogen (secondary N) is 1. The number of hydrogen-bond acceptors (Lipinski definition) is 3. The highest BCUT2D eigenvalue weighted by Crippen LogP contribution is 2.30. The lowest BCUT2D eigenvalue weighted by molar-refractivity contribution is -0.142. The fourth-order valence-electron chi connectivity index (χ4n) is 3.49. The average Bonchev–Trinajstić information content (AvgIpc) is 2.63. The van der Waals surface area contributed by atoms with E-state index in [4.69, 9.17) is 4.74 Å². The van der Waals surface area contributed by atoms with E-state index in [2.05, 4.69) is 10.2 Å². The molecule has 0 aromatic rings. The molecule has 3 aliphatic rings. The van der Waals surface area contributed by atoms with Crippen LogP contribution in [0.2, 0.25) is 0 Å². The molecule has 3 fully saturated rings. The molecule has 1 N–H and O–H groups in total. The minimum atomic E-state index is 0.130. The number of rotatable bonds is 1. The number of carbonyl (C=O) groups excluding carboxylic acids is 1. The van der Waals surface area contributed by atoms with Gasteiger partial charge in [-0.25, -0.2) is 0 Å². The third kappa shape index (κ3) is 2.20. The summed E-state index contributed by atoms with van der Waals surface area (Å²) in [5.74, 6) is 0.492. The van der Waals surface area contributed by atoms with E-state index in [9.17, 15) is 4.79 Å². The molecule has 17 heavy (non-hydrogen) atoms. The third-order valence-corrected chi connectivity index (χ3v) is 4.42. The van der Waals surface area contributed by atoms with Crippen molar-refractivity contribution in [3.05, 3.63) is 0 Å². The molecule has 3 aliphatic heterocycles. The smallest absolute Gasteiger partial charge is 0.228 e. The minimum absolute atomic E-state index is 0.130. The van der Waals surface area contributed by atoms with Crippen molar-refractivity contribution in [2.75, 3.05) is 26.3 Å². The summed E-state index contributed by atoms with van der Waals surface area (Å²) in [6.45, 7) is 3.52. The summed E-state index contributed by atoms with van der Waals surface area (Å²) in [6, 6.07) is 0.932. The fourth-order valence-corrected chi connectivity index (χ4v) is 3.49. The van der Waals surface area contributed by atoms with Crippen molar-refractivity contribution in [3.63, 3.8) is 0 Å². The van der Waals surface area contributed by atoms with Crippen LogP contribution in [0, 0.1) is 5.92 Å². The van der Waals surface area contributed by atoms with Crippen LogP contribution in [-0.2, 0) is 9.53 Å². The number of hydrogen-bond donors (Lipinski definition) is 1. The van der Waals surface area contributed by atoms with Crippen molar-refractivity contribution in [1.29, 1.82) is 0 Å². The van der Waals surface area contributed by atoms with Gasteiger partial charge >= 0.3 is 0 Å². The Labute approximate surface area is 103 Å². The Morgan fingerprint density at radius 1 is 1.18 bits per heavy atom. The summed E-state index contributed by atoms with van der Waals surface area (Å²) in [5.41, 5.74) is 0. The van der Waals surface area contributed by atoms with Crippen LogP contribution in [0.1, 0.15) is 32.1 Å². The molecule has 0 aromatic heterocycles. The monoisotopic (exact) mass is 238 g/mol. The molecule has 3 saturated heterocycles. The lowest BCUT2D eigenvalue weighted by Gasteiger charge is -2.33. The van der Waals surface area contributed by atoms with Gasteiger partial charge in [0.1, 0.15) is 0 Å². The van der Waals surface area contributed by atoms with Crippen LogP contribution in [-0.4, -0.2) is 49.2 Å². The minimum Gasteiger partial charge on any atom is -0.381 e. The van der Waals surface area contributed by atoms with Gasteiger partial charge in [-0.05, 0) is 38.6 Å². The van der Waals surface area contributed by atoms with Crippen molar-refractivity contribution in [3.8, 4) is 0 Å². The molecule has 0 radical (unpaired) electrons. The summed E-state index contributed by atoms with van der Waals surface area (Å²) in [5, 5.41) is 3.44. The highest BCUT2D eigenvalue weighted by molar-refractivity contribution is 5.80. The zero-order valence-corrected chi connectivity index (χ0v) is 10.4. The molecular formula is C13H22N2O2. The van der Waals surface area contributed by atoms with Gasteiger partial charge in [-0.2, -0.15) is 0 Å². The molecular weight excluding hydrogens is 216 g/mol. The summed E-state index contributed by atoms with van der Waals surface area (Å²) in [7, 11) is 0. The lowest BCUT2D eigenvalue weighted by atomic mass is 9.99. The van der Waals surface area contributed by atoms with Crippen LogP contribution >= 0.6 is 0 Å². The quantitative estimate of drug-likeness (QED) is 0.733. The molecule has 0 aliphatic carbocycles. The molecule has 96 valence electrons. The number of fused-ring (bicyclic) bond motifs is 2. The summed E-state index contributed by atoms with van der Waals surface area (Å²) >= 11 is 0. The van der Waals surface area contributed by atoms with Crippen molar-refractivity contribution >= 4 is 5.91 Å². The van der Waals surface area contributed by atoms with E-state index in [1.807, 2.05) is 0 Å². The van der Waals surface area contributed by atoms with Gasteiger partial charge < -0.3 is 15.0 Å². The number of ether oxygens (including phenoxy) is 1. The van der Waals surface area contributed by atoms with E-state index < -0.39 is 0 Å². The van der Waals surface area contributed by atoms with E-state index in [0.29, 0.717) is 24.6 Å². The number of amides is 1. The Hall–Kier alpha value is -0.610. The molecule has 1 amide bonds. The first-order chi connectivity index (χ1) is 8.36. The highest BCUT2D eigenvalue weighted by atomic mass is 16.5. The summed E-state index contributed by atoms with van der Waals surface area (Å²) in [6.07, 6.45) is 5.55. The fraction of sp³-hybridized carbons (Fsp3) is 0.923. The standard InChI is InChI=1S/C13H22N2O2/c16-13(10-2-1-7-17-9-10)15-11-3-4-12(15)8-14-6-5-11/h10-12,14H,1-9H2. The SMILES string of the molecule is O=C(C1CCCOC1)N1C2CCNCC1CC2. The maximum Gasteiger partial charge on any atom is 0.228 e. The molecule has 3 rings (SSSR count). The molecule has 3 atom stereocenters. The second-order valence-corrected chi connectivity index (χ2v) is 5.54. The molecule has 0 aromatic carbocycles. The molecule has 2 bridgehead atoms. The Kier molecular flexibility index (Phi) is 3.34. The first-order valence-corrected chi connectivity index (χ1v) is 6.97. The highest BCUT2D eigenvalue weighted by Gasteiger charge is 2.40. The third-order valence-electron chi connectivity index (χ3n) is 4.42. The van der Waals surface area contributed by atoms with Crippen LogP contribution in [0.4, 0.5) is 0 Å². The van der Waals surface area contributed by atoms with Crippen molar-refractivity contribution in [1.82, 2.24) is 10.2 Å². The van der Waals surface area contributed by atoms with Gasteiger partial charge in [-0.3, -0.25) is 4.79 Å². The second kappa shape index (κ2) is 4.94. The summed E-state index contributed by atoms with van der Waals surface area (Å²) in [4.78, 5) is 14.8. The maximum absolute atomic E-state index is 12.6. The molecule has 4 heteroatoms. The van der Waals surface area contributed by atoms with Gasteiger partial charge in [0, 0.05) is 25.2 Å². The largest absolute Gasteiger partial charge is 0.381 e. The topological polar surface area (TPSA) is 41.6 Å². The average molecular weight is 238 g/mol.